The van der Waals surface area contributed by atoms with E-state index >= 15 is 0 Å². The second-order valence-electron chi connectivity index (χ2n) is 11.9. The van der Waals surface area contributed by atoms with Crippen LogP contribution in [-0.2, 0) is 21.3 Å². The summed E-state index contributed by atoms with van der Waals surface area (Å²) in [5.74, 6) is 0. The molecule has 3 aromatic rings. The van der Waals surface area contributed by atoms with E-state index in [-0.39, 0.29) is 0 Å². The fraction of sp³-hybridized carbons (Fsp3) is 0.316. The largest absolute Gasteiger partial charge is 0.378 e. The van der Waals surface area contributed by atoms with Crippen molar-refractivity contribution >= 4 is 35.3 Å². The molecule has 3 aromatic carbocycles. The van der Waals surface area contributed by atoms with E-state index in [0.717, 1.165) is 78.3 Å². The molecule has 2 saturated heterocycles. The number of morpholine rings is 2. The van der Waals surface area contributed by atoms with E-state index in [1.165, 1.54) is 49.6 Å². The SMILES string of the molecule is S=P(C1=C(N2CCOCC2)/C(=C/c2ccccc2)CC1)(C1=C(N2CCOCC2)/C(=C/c2ccccc2)CC1)c1ccccc1. The third kappa shape index (κ3) is 5.91. The van der Waals surface area contributed by atoms with Gasteiger partial charge in [-0.1, -0.05) is 103 Å². The molecule has 0 spiro atoms. The van der Waals surface area contributed by atoms with E-state index in [0.29, 0.717) is 0 Å². The van der Waals surface area contributed by atoms with Crippen molar-refractivity contribution in [1.29, 1.82) is 0 Å². The number of benzene rings is 3. The van der Waals surface area contributed by atoms with Crippen molar-refractivity contribution in [1.82, 2.24) is 9.80 Å². The third-order valence-corrected chi connectivity index (χ3v) is 14.6. The van der Waals surface area contributed by atoms with E-state index in [9.17, 15) is 0 Å². The van der Waals surface area contributed by atoms with Gasteiger partial charge in [0.05, 0.1) is 26.4 Å². The minimum Gasteiger partial charge on any atom is -0.378 e. The molecule has 0 radical (unpaired) electrons. The number of hydrogen-bond acceptors (Lipinski definition) is 5. The first-order valence-electron chi connectivity index (χ1n) is 16.0. The average molecular weight is 621 g/mol. The number of rotatable bonds is 7. The maximum absolute atomic E-state index is 7.24. The highest BCUT2D eigenvalue weighted by Gasteiger charge is 2.41. The number of ether oxygens (including phenoxy) is 2. The second-order valence-corrected chi connectivity index (χ2v) is 16.4. The van der Waals surface area contributed by atoms with E-state index in [1.54, 1.807) is 0 Å². The van der Waals surface area contributed by atoms with Crippen LogP contribution in [0.1, 0.15) is 36.8 Å². The summed E-state index contributed by atoms with van der Waals surface area (Å²) >= 11 is 7.24. The summed E-state index contributed by atoms with van der Waals surface area (Å²) in [6, 6.07) is 30.3. The molecular formula is C38H41N2O2PS. The Hall–Kier alpha value is -3.21. The zero-order valence-electron chi connectivity index (χ0n) is 25.4. The van der Waals surface area contributed by atoms with Gasteiger partial charge in [-0.25, -0.2) is 0 Å². The van der Waals surface area contributed by atoms with Gasteiger partial charge in [0.2, 0.25) is 0 Å². The molecule has 0 atom stereocenters. The Morgan fingerprint density at radius 1 is 0.523 bits per heavy atom. The zero-order valence-corrected chi connectivity index (χ0v) is 27.1. The Bertz CT molecular complexity index is 1530. The summed E-state index contributed by atoms with van der Waals surface area (Å²) in [6.45, 7) is 6.66. The van der Waals surface area contributed by atoms with Crippen LogP contribution in [0, 0.1) is 0 Å². The average Bonchev–Trinajstić information content (AvgIpc) is 3.71. The van der Waals surface area contributed by atoms with Crippen LogP contribution < -0.4 is 5.30 Å². The van der Waals surface area contributed by atoms with Crippen LogP contribution in [0.5, 0.6) is 0 Å². The van der Waals surface area contributed by atoms with Crippen LogP contribution >= 0.6 is 6.04 Å². The molecule has 4 aliphatic rings. The Kier molecular flexibility index (Phi) is 9.00. The molecule has 2 heterocycles. The monoisotopic (exact) mass is 620 g/mol. The van der Waals surface area contributed by atoms with Crippen molar-refractivity contribution in [2.45, 2.75) is 25.7 Å². The van der Waals surface area contributed by atoms with Crippen molar-refractivity contribution in [3.05, 3.63) is 135 Å². The van der Waals surface area contributed by atoms with Crippen molar-refractivity contribution in [2.75, 3.05) is 52.6 Å². The third-order valence-electron chi connectivity index (χ3n) is 9.23. The summed E-state index contributed by atoms with van der Waals surface area (Å²) < 4.78 is 11.7. The smallest absolute Gasteiger partial charge is 0.0642 e. The normalized spacial score (nSPS) is 21.6. The number of allylic oxidation sites excluding steroid dienone is 4. The lowest BCUT2D eigenvalue weighted by Gasteiger charge is -2.37. The van der Waals surface area contributed by atoms with Crippen LogP contribution in [0.2, 0.25) is 0 Å². The maximum Gasteiger partial charge on any atom is 0.0642 e. The molecule has 44 heavy (non-hydrogen) atoms. The molecule has 0 aromatic heterocycles. The van der Waals surface area contributed by atoms with Gasteiger partial charge in [-0.05, 0) is 76.0 Å². The molecule has 2 fully saturated rings. The fourth-order valence-corrected chi connectivity index (χ4v) is 12.2. The van der Waals surface area contributed by atoms with Crippen molar-refractivity contribution in [3.8, 4) is 0 Å². The molecule has 4 nitrogen and oxygen atoms in total. The van der Waals surface area contributed by atoms with Gasteiger partial charge in [0.1, 0.15) is 0 Å². The Morgan fingerprint density at radius 3 is 1.32 bits per heavy atom. The number of hydrogen-bond donors (Lipinski definition) is 0. The topological polar surface area (TPSA) is 24.9 Å². The first-order chi connectivity index (χ1) is 21.7. The van der Waals surface area contributed by atoms with Gasteiger partial charge >= 0.3 is 0 Å². The molecule has 226 valence electrons. The van der Waals surface area contributed by atoms with Crippen LogP contribution in [0.4, 0.5) is 0 Å². The standard InChI is InChI=1S/C38H41N2O2PS/c44-43(34-14-8-3-9-15-34,35-18-16-32(28-30-10-4-1-5-11-30)37(35)39-20-24-41-25-21-39)36-19-17-33(29-31-12-6-2-7-13-31)38(36)40-22-26-42-27-23-40/h1-15,28-29H,16-27H2/b32-28+,33-29+. The van der Waals surface area contributed by atoms with Crippen LogP contribution in [0.25, 0.3) is 12.2 Å². The van der Waals surface area contributed by atoms with E-state index in [1.807, 2.05) is 0 Å². The van der Waals surface area contributed by atoms with Crippen molar-refractivity contribution in [3.63, 3.8) is 0 Å². The molecule has 0 amide bonds. The van der Waals surface area contributed by atoms with Crippen LogP contribution in [-0.4, -0.2) is 62.4 Å². The minimum atomic E-state index is -2.35. The van der Waals surface area contributed by atoms with Gasteiger partial charge in [0.15, 0.2) is 0 Å². The number of nitrogens with zero attached hydrogens (tertiary/aromatic N) is 2. The Balaban J connectivity index is 1.46. The van der Waals surface area contributed by atoms with E-state index in [2.05, 4.69) is 113 Å². The molecule has 6 heteroatoms. The van der Waals surface area contributed by atoms with Crippen molar-refractivity contribution in [2.24, 2.45) is 0 Å². The predicted molar refractivity (Wildman–Crippen MR) is 187 cm³/mol. The molecule has 0 bridgehead atoms. The summed E-state index contributed by atoms with van der Waals surface area (Å²) in [5.41, 5.74) is 8.15. The first kappa shape index (κ1) is 29.5. The quantitative estimate of drug-likeness (QED) is 0.253. The molecule has 2 aliphatic heterocycles. The molecule has 0 unspecified atom stereocenters. The molecule has 0 saturated carbocycles. The van der Waals surface area contributed by atoms with Gasteiger partial charge in [0.25, 0.3) is 0 Å². The van der Waals surface area contributed by atoms with Gasteiger partial charge in [-0.15, -0.1) is 0 Å². The molecular weight excluding hydrogens is 579 g/mol. The van der Waals surface area contributed by atoms with Gasteiger partial charge in [-0.2, -0.15) is 0 Å². The summed E-state index contributed by atoms with van der Waals surface area (Å²) in [5, 5.41) is 4.30. The summed E-state index contributed by atoms with van der Waals surface area (Å²) in [6.07, 6.45) is 8.89. The zero-order chi connectivity index (χ0) is 29.8. The Labute approximate surface area is 267 Å². The summed E-state index contributed by atoms with van der Waals surface area (Å²) in [7, 11) is 0. The highest BCUT2D eigenvalue weighted by Crippen LogP contribution is 2.69. The van der Waals surface area contributed by atoms with Crippen LogP contribution in [0.15, 0.2) is 124 Å². The lowest BCUT2D eigenvalue weighted by atomic mass is 10.1. The summed E-state index contributed by atoms with van der Waals surface area (Å²) in [4.78, 5) is 5.18. The highest BCUT2D eigenvalue weighted by atomic mass is 32.4. The van der Waals surface area contributed by atoms with Crippen molar-refractivity contribution < 1.29 is 9.47 Å². The highest BCUT2D eigenvalue weighted by molar-refractivity contribution is 8.22. The fourth-order valence-electron chi connectivity index (χ4n) is 7.20. The van der Waals surface area contributed by atoms with E-state index in [4.69, 9.17) is 21.3 Å². The molecule has 2 aliphatic carbocycles. The molecule has 7 rings (SSSR count). The van der Waals surface area contributed by atoms with Gasteiger partial charge < -0.3 is 19.3 Å². The molecule has 0 N–H and O–H groups in total. The maximum atomic E-state index is 7.24. The predicted octanol–water partition coefficient (Wildman–Crippen LogP) is 7.63. The lowest BCUT2D eigenvalue weighted by Crippen LogP contribution is -2.37. The van der Waals surface area contributed by atoms with Crippen LogP contribution in [0.3, 0.4) is 0 Å². The minimum absolute atomic E-state index is 0.759. The first-order valence-corrected chi connectivity index (χ1v) is 18.8. The second kappa shape index (κ2) is 13.4. The lowest BCUT2D eigenvalue weighted by molar-refractivity contribution is 0.0548. The van der Waals surface area contributed by atoms with E-state index < -0.39 is 6.04 Å². The van der Waals surface area contributed by atoms with Gasteiger partial charge in [0, 0.05) is 43.6 Å². The van der Waals surface area contributed by atoms with Gasteiger partial charge in [-0.3, -0.25) is 0 Å². The Morgan fingerprint density at radius 2 is 0.909 bits per heavy atom.